The third-order valence-electron chi connectivity index (χ3n) is 5.59. The van der Waals surface area contributed by atoms with Crippen molar-refractivity contribution in [2.24, 2.45) is 5.92 Å². The van der Waals surface area contributed by atoms with Gasteiger partial charge in [0, 0.05) is 26.2 Å². The summed E-state index contributed by atoms with van der Waals surface area (Å²) < 4.78 is 31.7. The number of hydrogen-bond acceptors (Lipinski definition) is 3. The van der Waals surface area contributed by atoms with Gasteiger partial charge < -0.3 is 14.9 Å². The predicted molar refractivity (Wildman–Crippen MR) is 114 cm³/mol. The normalized spacial score (nSPS) is 18.6. The van der Waals surface area contributed by atoms with Crippen LogP contribution < -0.4 is 0 Å². The van der Waals surface area contributed by atoms with Crippen LogP contribution in [0.5, 0.6) is 0 Å². The number of aliphatic carboxylic acids is 1. The fraction of sp³-hybridized carbons (Fsp3) is 0.478. The van der Waals surface area contributed by atoms with Gasteiger partial charge in [-0.25, -0.2) is 4.79 Å². The van der Waals surface area contributed by atoms with E-state index in [4.69, 9.17) is 9.90 Å². The van der Waals surface area contributed by atoms with Crippen LogP contribution in [0.25, 0.3) is 10.8 Å². The molecule has 3 rings (SSSR count). The molecule has 8 heteroatoms. The summed E-state index contributed by atoms with van der Waals surface area (Å²) in [6, 6.07) is 14.6. The molecular formula is C23H29F3N2O3. The highest BCUT2D eigenvalue weighted by Gasteiger charge is 2.38. The molecule has 0 bridgehead atoms. The summed E-state index contributed by atoms with van der Waals surface area (Å²) in [7, 11) is 2.16. The molecule has 1 fully saturated rings. The fourth-order valence-electron chi connectivity index (χ4n) is 3.78. The molecule has 2 aromatic carbocycles. The quantitative estimate of drug-likeness (QED) is 0.773. The monoisotopic (exact) mass is 438 g/mol. The lowest BCUT2D eigenvalue weighted by Gasteiger charge is -2.27. The number of hydrogen-bond donors (Lipinski definition) is 1. The van der Waals surface area contributed by atoms with Gasteiger partial charge in [-0.15, -0.1) is 0 Å². The molecule has 1 N–H and O–H groups in total. The first kappa shape index (κ1) is 24.7. The van der Waals surface area contributed by atoms with E-state index >= 15 is 0 Å². The molecule has 1 saturated heterocycles. The number of nitrogens with zero attached hydrogens (tertiary/aromatic N) is 2. The maximum Gasteiger partial charge on any atom is 0.490 e. The number of fused-ring (bicyclic) bond motifs is 1. The summed E-state index contributed by atoms with van der Waals surface area (Å²) in [6.07, 6.45) is -3.96. The summed E-state index contributed by atoms with van der Waals surface area (Å²) in [5, 5.41) is 9.52. The summed E-state index contributed by atoms with van der Waals surface area (Å²) in [4.78, 5) is 26.5. The Morgan fingerprint density at radius 1 is 1.10 bits per heavy atom. The van der Waals surface area contributed by atoms with Crippen molar-refractivity contribution in [1.29, 1.82) is 0 Å². The number of amides is 1. The van der Waals surface area contributed by atoms with E-state index in [0.29, 0.717) is 5.92 Å². The van der Waals surface area contributed by atoms with E-state index in [1.807, 2.05) is 0 Å². The minimum atomic E-state index is -5.08. The Morgan fingerprint density at radius 2 is 1.71 bits per heavy atom. The Labute approximate surface area is 180 Å². The Morgan fingerprint density at radius 3 is 2.32 bits per heavy atom. The van der Waals surface area contributed by atoms with Gasteiger partial charge in [-0.1, -0.05) is 55.8 Å². The third kappa shape index (κ3) is 6.69. The zero-order valence-electron chi connectivity index (χ0n) is 18.0. The molecule has 0 spiro atoms. The largest absolute Gasteiger partial charge is 0.490 e. The lowest BCUT2D eigenvalue weighted by atomic mass is 9.93. The molecule has 0 saturated carbocycles. The van der Waals surface area contributed by atoms with Crippen molar-refractivity contribution in [3.8, 4) is 0 Å². The van der Waals surface area contributed by atoms with Crippen LogP contribution in [0, 0.1) is 5.92 Å². The minimum Gasteiger partial charge on any atom is -0.475 e. The van der Waals surface area contributed by atoms with E-state index in [-0.39, 0.29) is 11.8 Å². The molecule has 0 aliphatic carbocycles. The first-order chi connectivity index (χ1) is 14.5. The van der Waals surface area contributed by atoms with Gasteiger partial charge in [-0.05, 0) is 36.2 Å². The molecule has 2 aromatic rings. The average Bonchev–Trinajstić information content (AvgIpc) is 2.93. The van der Waals surface area contributed by atoms with Crippen LogP contribution >= 0.6 is 0 Å². The first-order valence-corrected chi connectivity index (χ1v) is 10.3. The summed E-state index contributed by atoms with van der Waals surface area (Å²) in [6.45, 7) is 8.05. The second-order valence-electron chi connectivity index (χ2n) is 7.91. The first-order valence-electron chi connectivity index (χ1n) is 10.3. The molecule has 1 aliphatic rings. The molecule has 2 unspecified atom stereocenters. The van der Waals surface area contributed by atoms with Crippen molar-refractivity contribution in [3.63, 3.8) is 0 Å². The second-order valence-corrected chi connectivity index (χ2v) is 7.91. The smallest absolute Gasteiger partial charge is 0.475 e. The molecule has 0 aromatic heterocycles. The lowest BCUT2D eigenvalue weighted by molar-refractivity contribution is -0.192. The molecule has 1 aliphatic heterocycles. The Kier molecular flexibility index (Phi) is 8.44. The number of rotatable bonds is 3. The average molecular weight is 438 g/mol. The van der Waals surface area contributed by atoms with Crippen LogP contribution in [0.15, 0.2) is 42.5 Å². The number of carbonyl (C=O) groups is 2. The van der Waals surface area contributed by atoms with Crippen LogP contribution in [0.2, 0.25) is 0 Å². The molecule has 1 heterocycles. The van der Waals surface area contributed by atoms with E-state index in [2.05, 4.69) is 73.2 Å². The fourth-order valence-corrected chi connectivity index (χ4v) is 3.78. The van der Waals surface area contributed by atoms with E-state index in [1.165, 1.54) is 10.8 Å². The minimum absolute atomic E-state index is 0.1000. The maximum absolute atomic E-state index is 13.2. The van der Waals surface area contributed by atoms with Crippen molar-refractivity contribution >= 4 is 22.6 Å². The van der Waals surface area contributed by atoms with Gasteiger partial charge in [0.25, 0.3) is 0 Å². The van der Waals surface area contributed by atoms with Crippen molar-refractivity contribution in [2.45, 2.75) is 32.4 Å². The van der Waals surface area contributed by atoms with Crippen LogP contribution in [0.4, 0.5) is 13.2 Å². The van der Waals surface area contributed by atoms with E-state index in [0.717, 1.165) is 38.2 Å². The highest BCUT2D eigenvalue weighted by Crippen LogP contribution is 2.27. The third-order valence-corrected chi connectivity index (χ3v) is 5.59. The van der Waals surface area contributed by atoms with Gasteiger partial charge in [-0.3, -0.25) is 4.79 Å². The Bertz CT molecular complexity index is 896. The number of halogens is 3. The van der Waals surface area contributed by atoms with Crippen LogP contribution in [-0.4, -0.2) is 66.2 Å². The Hall–Kier alpha value is -2.61. The van der Waals surface area contributed by atoms with Gasteiger partial charge >= 0.3 is 12.1 Å². The molecule has 0 radical (unpaired) electrons. The summed E-state index contributed by atoms with van der Waals surface area (Å²) >= 11 is 0. The Balaban J connectivity index is 0.000000423. The second kappa shape index (κ2) is 10.6. The zero-order chi connectivity index (χ0) is 23.2. The maximum atomic E-state index is 13.2. The van der Waals surface area contributed by atoms with Crippen molar-refractivity contribution in [1.82, 2.24) is 9.80 Å². The number of carboxylic acids is 1. The highest BCUT2D eigenvalue weighted by molar-refractivity contribution is 5.92. The van der Waals surface area contributed by atoms with Crippen LogP contribution in [0.3, 0.4) is 0 Å². The lowest BCUT2D eigenvalue weighted by Crippen LogP contribution is -2.38. The van der Waals surface area contributed by atoms with Crippen LogP contribution in [0.1, 0.15) is 31.7 Å². The van der Waals surface area contributed by atoms with Gasteiger partial charge in [-0.2, -0.15) is 13.2 Å². The van der Waals surface area contributed by atoms with E-state index < -0.39 is 12.1 Å². The van der Waals surface area contributed by atoms with Crippen LogP contribution in [-0.2, 0) is 9.59 Å². The SMILES string of the molecule is CCC1CN(C)CCN(C(=O)C(C)c2cccc3ccccc23)C1.O=C(O)C(F)(F)F. The molecule has 31 heavy (non-hydrogen) atoms. The molecule has 5 nitrogen and oxygen atoms in total. The number of carboxylic acid groups (broad SMARTS) is 1. The van der Waals surface area contributed by atoms with Gasteiger partial charge in [0.15, 0.2) is 0 Å². The predicted octanol–water partition coefficient (Wildman–Crippen LogP) is 4.38. The van der Waals surface area contributed by atoms with Gasteiger partial charge in [0.05, 0.1) is 5.92 Å². The number of benzene rings is 2. The molecule has 170 valence electrons. The number of likely N-dealkylation sites (N-methyl/N-ethyl adjacent to an activating group) is 1. The van der Waals surface area contributed by atoms with Crippen molar-refractivity contribution in [2.75, 3.05) is 33.2 Å². The zero-order valence-corrected chi connectivity index (χ0v) is 18.0. The summed E-state index contributed by atoms with van der Waals surface area (Å²) in [5.41, 5.74) is 1.14. The summed E-state index contributed by atoms with van der Waals surface area (Å²) in [5.74, 6) is -2.02. The topological polar surface area (TPSA) is 60.9 Å². The molecular weight excluding hydrogens is 409 g/mol. The molecule has 2 atom stereocenters. The highest BCUT2D eigenvalue weighted by atomic mass is 19.4. The standard InChI is InChI=1S/C21H28N2O.C2HF3O2/c1-4-17-14-22(3)12-13-23(15-17)21(24)16(2)19-11-7-9-18-8-5-6-10-20(18)19;3-2(4,5)1(6)7/h5-11,16-17H,4,12-15H2,1-3H3;(H,6,7). The van der Waals surface area contributed by atoms with E-state index in [9.17, 15) is 18.0 Å². The van der Waals surface area contributed by atoms with Crippen molar-refractivity contribution in [3.05, 3.63) is 48.0 Å². The van der Waals surface area contributed by atoms with Crippen molar-refractivity contribution < 1.29 is 27.9 Å². The number of carbonyl (C=O) groups excluding carboxylic acids is 1. The van der Waals surface area contributed by atoms with Gasteiger partial charge in [0.1, 0.15) is 0 Å². The van der Waals surface area contributed by atoms with E-state index in [1.54, 1.807) is 0 Å². The molecule has 1 amide bonds. The van der Waals surface area contributed by atoms with Gasteiger partial charge in [0.2, 0.25) is 5.91 Å². The number of alkyl halides is 3.